The lowest BCUT2D eigenvalue weighted by Crippen LogP contribution is -2.36. The minimum atomic E-state index is -4.47. The molecule has 0 N–H and O–H groups in total. The lowest BCUT2D eigenvalue weighted by molar-refractivity contribution is -0.141. The van der Waals surface area contributed by atoms with Crippen molar-refractivity contribution >= 4 is 5.95 Å². The van der Waals surface area contributed by atoms with Gasteiger partial charge in [0.05, 0.1) is 6.54 Å². The zero-order chi connectivity index (χ0) is 15.9. The molecular weight excluding hydrogens is 297 g/mol. The molecule has 2 aromatic rings. The van der Waals surface area contributed by atoms with E-state index in [9.17, 15) is 13.2 Å². The molecule has 0 saturated heterocycles. The van der Waals surface area contributed by atoms with Gasteiger partial charge in [-0.3, -0.25) is 0 Å². The molecular formula is C13H15F3N6. The van der Waals surface area contributed by atoms with E-state index in [-0.39, 0.29) is 11.9 Å². The minimum absolute atomic E-state index is 0.0650. The maximum atomic E-state index is 12.7. The maximum absolute atomic E-state index is 12.7. The smallest absolute Gasteiger partial charge is 0.331 e. The molecule has 0 amide bonds. The zero-order valence-electron chi connectivity index (χ0n) is 12.2. The van der Waals surface area contributed by atoms with Gasteiger partial charge in [-0.05, 0) is 6.07 Å². The molecule has 1 aliphatic heterocycles. The summed E-state index contributed by atoms with van der Waals surface area (Å²) in [5, 5.41) is 8.27. The molecule has 0 aromatic carbocycles. The second-order valence-electron chi connectivity index (χ2n) is 5.44. The van der Waals surface area contributed by atoms with E-state index in [1.165, 1.54) is 0 Å². The maximum Gasteiger partial charge on any atom is 0.433 e. The van der Waals surface area contributed by atoms with E-state index in [2.05, 4.69) is 20.2 Å². The Hall–Kier alpha value is -2.19. The number of aromatic nitrogens is 5. The summed E-state index contributed by atoms with van der Waals surface area (Å²) in [6.07, 6.45) is -3.34. The fraction of sp³-hybridized carbons (Fsp3) is 0.538. The minimum Gasteiger partial charge on any atom is -0.331 e. The lowest BCUT2D eigenvalue weighted by atomic mass is 10.2. The van der Waals surface area contributed by atoms with Crippen molar-refractivity contribution in [1.82, 2.24) is 24.7 Å². The molecule has 0 fully saturated rings. The van der Waals surface area contributed by atoms with Gasteiger partial charge in [0.25, 0.3) is 0 Å². The topological polar surface area (TPSA) is 59.7 Å². The lowest BCUT2D eigenvalue weighted by Gasteiger charge is -2.28. The Morgan fingerprint density at radius 1 is 1.18 bits per heavy atom. The number of nitrogens with zero attached hydrogens (tertiary/aromatic N) is 6. The van der Waals surface area contributed by atoms with Crippen LogP contribution in [-0.2, 0) is 19.3 Å². The summed E-state index contributed by atoms with van der Waals surface area (Å²) in [6.45, 7) is 5.53. The van der Waals surface area contributed by atoms with Crippen LogP contribution in [0.3, 0.4) is 0 Å². The molecule has 1 aliphatic rings. The van der Waals surface area contributed by atoms with Crippen LogP contribution in [0.2, 0.25) is 0 Å². The molecule has 0 radical (unpaired) electrons. The third-order valence-corrected chi connectivity index (χ3v) is 3.51. The molecule has 3 heterocycles. The first-order valence-corrected chi connectivity index (χ1v) is 6.93. The Morgan fingerprint density at radius 3 is 2.64 bits per heavy atom. The van der Waals surface area contributed by atoms with Gasteiger partial charge >= 0.3 is 6.18 Å². The summed E-state index contributed by atoms with van der Waals surface area (Å²) in [5.74, 6) is 1.92. The number of anilines is 1. The fourth-order valence-corrected chi connectivity index (χ4v) is 2.44. The summed E-state index contributed by atoms with van der Waals surface area (Å²) < 4.78 is 40.2. The van der Waals surface area contributed by atoms with Crippen LogP contribution < -0.4 is 4.90 Å². The van der Waals surface area contributed by atoms with Crippen molar-refractivity contribution < 1.29 is 13.2 Å². The molecule has 118 valence electrons. The van der Waals surface area contributed by atoms with E-state index >= 15 is 0 Å². The van der Waals surface area contributed by atoms with Gasteiger partial charge in [0.2, 0.25) is 5.95 Å². The average Bonchev–Trinajstić information content (AvgIpc) is 2.89. The first kappa shape index (κ1) is 14.7. The summed E-state index contributed by atoms with van der Waals surface area (Å²) >= 11 is 0. The van der Waals surface area contributed by atoms with Crippen LogP contribution in [-0.4, -0.2) is 31.3 Å². The molecule has 0 bridgehead atoms. The van der Waals surface area contributed by atoms with Crippen LogP contribution in [0.25, 0.3) is 0 Å². The van der Waals surface area contributed by atoms with Gasteiger partial charge in [-0.25, -0.2) is 9.97 Å². The molecule has 0 aliphatic carbocycles. The normalized spacial score (nSPS) is 15.3. The summed E-state index contributed by atoms with van der Waals surface area (Å²) in [6, 6.07) is 0.868. The third kappa shape index (κ3) is 2.62. The fourth-order valence-electron chi connectivity index (χ4n) is 2.44. The Bertz CT molecular complexity index is 679. The molecule has 22 heavy (non-hydrogen) atoms. The van der Waals surface area contributed by atoms with Gasteiger partial charge in [-0.15, -0.1) is 10.2 Å². The van der Waals surface area contributed by atoms with E-state index in [0.717, 1.165) is 23.9 Å². The molecule has 2 aromatic heterocycles. The SMILES string of the molecule is CC(C)c1nnc2n1CCN(c1nccc(C(F)(F)F)n1)C2. The van der Waals surface area contributed by atoms with Crippen LogP contribution in [0, 0.1) is 0 Å². The third-order valence-electron chi connectivity index (χ3n) is 3.51. The van der Waals surface area contributed by atoms with E-state index in [0.29, 0.717) is 19.6 Å². The van der Waals surface area contributed by atoms with Crippen molar-refractivity contribution in [3.05, 3.63) is 29.6 Å². The predicted molar refractivity (Wildman–Crippen MR) is 72.2 cm³/mol. The first-order chi connectivity index (χ1) is 10.4. The highest BCUT2D eigenvalue weighted by Crippen LogP contribution is 2.29. The number of fused-ring (bicyclic) bond motifs is 1. The standard InChI is InChI=1S/C13H15F3N6/c1-8(2)11-20-19-10-7-21(5-6-22(10)11)12-17-4-3-9(18-12)13(14,15)16/h3-4,8H,5-7H2,1-2H3. The highest BCUT2D eigenvalue weighted by Gasteiger charge is 2.33. The molecule has 6 nitrogen and oxygen atoms in total. The van der Waals surface area contributed by atoms with Gasteiger partial charge in [0, 0.05) is 25.2 Å². The highest BCUT2D eigenvalue weighted by molar-refractivity contribution is 5.32. The van der Waals surface area contributed by atoms with Gasteiger partial charge in [0.1, 0.15) is 11.5 Å². The first-order valence-electron chi connectivity index (χ1n) is 6.93. The Labute approximate surface area is 125 Å². The van der Waals surface area contributed by atoms with Crippen molar-refractivity contribution in [2.24, 2.45) is 0 Å². The van der Waals surface area contributed by atoms with Crippen molar-refractivity contribution in [1.29, 1.82) is 0 Å². The summed E-state index contributed by atoms with van der Waals surface area (Å²) in [7, 11) is 0. The molecule has 0 saturated carbocycles. The number of alkyl halides is 3. The van der Waals surface area contributed by atoms with Gasteiger partial charge in [0.15, 0.2) is 5.82 Å². The molecule has 0 unspecified atom stereocenters. The average molecular weight is 312 g/mol. The quantitative estimate of drug-likeness (QED) is 0.851. The number of rotatable bonds is 2. The van der Waals surface area contributed by atoms with E-state index in [1.54, 1.807) is 4.90 Å². The monoisotopic (exact) mass is 312 g/mol. The largest absolute Gasteiger partial charge is 0.433 e. The molecule has 9 heteroatoms. The summed E-state index contributed by atoms with van der Waals surface area (Å²) in [5.41, 5.74) is -0.938. The van der Waals surface area contributed by atoms with Crippen LogP contribution in [0.4, 0.5) is 19.1 Å². The Morgan fingerprint density at radius 2 is 1.95 bits per heavy atom. The van der Waals surface area contributed by atoms with Gasteiger partial charge < -0.3 is 9.47 Å². The van der Waals surface area contributed by atoms with E-state index < -0.39 is 11.9 Å². The van der Waals surface area contributed by atoms with Crippen molar-refractivity contribution in [2.75, 3.05) is 11.4 Å². The Balaban J connectivity index is 1.86. The van der Waals surface area contributed by atoms with Gasteiger partial charge in [-0.1, -0.05) is 13.8 Å². The van der Waals surface area contributed by atoms with Crippen LogP contribution in [0.15, 0.2) is 12.3 Å². The van der Waals surface area contributed by atoms with Crippen LogP contribution >= 0.6 is 0 Å². The zero-order valence-corrected chi connectivity index (χ0v) is 12.2. The molecule has 0 spiro atoms. The number of hydrogen-bond acceptors (Lipinski definition) is 5. The van der Waals surface area contributed by atoms with Crippen molar-refractivity contribution in [2.45, 2.75) is 39.0 Å². The van der Waals surface area contributed by atoms with Crippen molar-refractivity contribution in [3.8, 4) is 0 Å². The summed E-state index contributed by atoms with van der Waals surface area (Å²) in [4.78, 5) is 9.25. The van der Waals surface area contributed by atoms with Crippen molar-refractivity contribution in [3.63, 3.8) is 0 Å². The van der Waals surface area contributed by atoms with E-state index in [4.69, 9.17) is 0 Å². The predicted octanol–water partition coefficient (Wildman–Crippen LogP) is 2.23. The number of halogens is 3. The second-order valence-corrected chi connectivity index (χ2v) is 5.44. The van der Waals surface area contributed by atoms with E-state index in [1.807, 2.05) is 18.4 Å². The number of hydrogen-bond donors (Lipinski definition) is 0. The second kappa shape index (κ2) is 5.22. The van der Waals surface area contributed by atoms with Crippen LogP contribution in [0.1, 0.15) is 37.1 Å². The van der Waals surface area contributed by atoms with Crippen LogP contribution in [0.5, 0.6) is 0 Å². The van der Waals surface area contributed by atoms with Gasteiger partial charge in [-0.2, -0.15) is 13.2 Å². The highest BCUT2D eigenvalue weighted by atomic mass is 19.4. The molecule has 3 rings (SSSR count). The molecule has 0 atom stereocenters. The Kier molecular flexibility index (Phi) is 3.50.